The summed E-state index contributed by atoms with van der Waals surface area (Å²) in [5.41, 5.74) is 1.54. The Morgan fingerprint density at radius 2 is 1.87 bits per heavy atom. The smallest absolute Gasteiger partial charge is 0.0568 e. The van der Waals surface area contributed by atoms with Gasteiger partial charge >= 0.3 is 0 Å². The molecule has 0 radical (unpaired) electrons. The highest BCUT2D eigenvalue weighted by molar-refractivity contribution is 5.23. The van der Waals surface area contributed by atoms with E-state index in [0.717, 1.165) is 6.42 Å². The molecule has 0 aliphatic heterocycles. The van der Waals surface area contributed by atoms with Crippen LogP contribution in [0, 0.1) is 11.3 Å². The number of aliphatic hydroxyl groups is 1. The molecule has 1 N–H and O–H groups in total. The number of aliphatic hydroxyl groups excluding tert-OH is 1. The normalized spacial score (nSPS) is 33.5. The van der Waals surface area contributed by atoms with Crippen LogP contribution in [0.1, 0.15) is 38.7 Å². The molecule has 4 atom stereocenters. The van der Waals surface area contributed by atoms with Gasteiger partial charge in [0.1, 0.15) is 0 Å². The summed E-state index contributed by atoms with van der Waals surface area (Å²) in [7, 11) is 0. The lowest BCUT2D eigenvalue weighted by atomic mass is 9.89. The average Bonchev–Trinajstić information content (AvgIpc) is 2.93. The van der Waals surface area contributed by atoms with Crippen molar-refractivity contribution >= 4 is 0 Å². The van der Waals surface area contributed by atoms with Crippen molar-refractivity contribution in [2.24, 2.45) is 11.3 Å². The largest absolute Gasteiger partial charge is 0.393 e. The number of hydrogen-bond acceptors (Lipinski definition) is 1. The molecule has 0 amide bonds. The zero-order valence-electron chi connectivity index (χ0n) is 9.77. The first-order valence-corrected chi connectivity index (χ1v) is 5.78. The molecule has 1 aliphatic carbocycles. The van der Waals surface area contributed by atoms with Crippen LogP contribution in [0.4, 0.5) is 0 Å². The third-order valence-electron chi connectivity index (χ3n) is 4.23. The van der Waals surface area contributed by atoms with Gasteiger partial charge in [0.05, 0.1) is 6.10 Å². The van der Waals surface area contributed by atoms with Crippen LogP contribution < -0.4 is 0 Å². The molecule has 0 saturated heterocycles. The molecule has 0 spiro atoms. The van der Waals surface area contributed by atoms with Crippen molar-refractivity contribution in [2.75, 3.05) is 0 Å². The van der Waals surface area contributed by atoms with E-state index in [9.17, 15) is 5.11 Å². The molecule has 15 heavy (non-hydrogen) atoms. The molecule has 1 fully saturated rings. The van der Waals surface area contributed by atoms with Gasteiger partial charge in [0, 0.05) is 0 Å². The van der Waals surface area contributed by atoms with E-state index in [0.29, 0.717) is 11.8 Å². The molecule has 1 aliphatic rings. The lowest BCUT2D eigenvalue weighted by molar-refractivity contribution is 0.108. The van der Waals surface area contributed by atoms with Gasteiger partial charge in [-0.25, -0.2) is 0 Å². The Kier molecular flexibility index (Phi) is 2.59. The topological polar surface area (TPSA) is 20.2 Å². The fourth-order valence-electron chi connectivity index (χ4n) is 2.63. The SMILES string of the molecule is CC(c1ccccc1)C1CC1(C)C(C)O. The summed E-state index contributed by atoms with van der Waals surface area (Å²) in [6.45, 7) is 6.38. The van der Waals surface area contributed by atoms with Gasteiger partial charge < -0.3 is 5.11 Å². The molecular weight excluding hydrogens is 184 g/mol. The maximum atomic E-state index is 9.72. The molecule has 82 valence electrons. The fraction of sp³-hybridized carbons (Fsp3) is 0.571. The lowest BCUT2D eigenvalue weighted by Crippen LogP contribution is -2.18. The first-order valence-electron chi connectivity index (χ1n) is 5.78. The predicted molar refractivity (Wildman–Crippen MR) is 62.8 cm³/mol. The Morgan fingerprint density at radius 1 is 1.27 bits per heavy atom. The standard InChI is InChI=1S/C14H20O/c1-10(12-7-5-4-6-8-12)13-9-14(13,3)11(2)15/h4-8,10-11,13,15H,9H2,1-3H3. The van der Waals surface area contributed by atoms with Crippen LogP contribution in [0.25, 0.3) is 0 Å². The second kappa shape index (κ2) is 3.64. The minimum Gasteiger partial charge on any atom is -0.393 e. The Hall–Kier alpha value is -0.820. The monoisotopic (exact) mass is 204 g/mol. The molecule has 1 aromatic carbocycles. The zero-order valence-corrected chi connectivity index (χ0v) is 9.77. The summed E-state index contributed by atoms with van der Waals surface area (Å²) >= 11 is 0. The van der Waals surface area contributed by atoms with Crippen LogP contribution in [-0.2, 0) is 0 Å². The first-order chi connectivity index (χ1) is 7.05. The number of hydrogen-bond donors (Lipinski definition) is 1. The molecule has 4 unspecified atom stereocenters. The average molecular weight is 204 g/mol. The molecule has 2 rings (SSSR count). The van der Waals surface area contributed by atoms with Gasteiger partial charge in [-0.1, -0.05) is 44.2 Å². The third kappa shape index (κ3) is 1.81. The molecule has 0 heterocycles. The predicted octanol–water partition coefficient (Wildman–Crippen LogP) is 3.20. The highest BCUT2D eigenvalue weighted by Crippen LogP contribution is 2.60. The Bertz CT molecular complexity index is 330. The second-order valence-electron chi connectivity index (χ2n) is 5.19. The summed E-state index contributed by atoms with van der Waals surface area (Å²) in [5, 5.41) is 9.72. The molecular formula is C14H20O. The van der Waals surface area contributed by atoms with Gasteiger partial charge in [-0.3, -0.25) is 0 Å². The van der Waals surface area contributed by atoms with Crippen LogP contribution in [-0.4, -0.2) is 11.2 Å². The number of benzene rings is 1. The zero-order chi connectivity index (χ0) is 11.1. The Labute approximate surface area is 92.1 Å². The molecule has 0 bridgehead atoms. The highest BCUT2D eigenvalue weighted by Gasteiger charge is 2.55. The summed E-state index contributed by atoms with van der Waals surface area (Å²) in [4.78, 5) is 0. The van der Waals surface area contributed by atoms with Crippen LogP contribution in [0.5, 0.6) is 0 Å². The molecule has 1 nitrogen and oxygen atoms in total. The van der Waals surface area contributed by atoms with Gasteiger partial charge in [-0.05, 0) is 36.2 Å². The van der Waals surface area contributed by atoms with Crippen LogP contribution >= 0.6 is 0 Å². The molecule has 1 saturated carbocycles. The molecule has 1 aromatic rings. The maximum Gasteiger partial charge on any atom is 0.0568 e. The van der Waals surface area contributed by atoms with Gasteiger partial charge in [0.2, 0.25) is 0 Å². The van der Waals surface area contributed by atoms with Gasteiger partial charge in [0.25, 0.3) is 0 Å². The van der Waals surface area contributed by atoms with Crippen LogP contribution in [0.2, 0.25) is 0 Å². The maximum absolute atomic E-state index is 9.72. The Balaban J connectivity index is 2.09. The van der Waals surface area contributed by atoms with E-state index in [2.05, 4.69) is 44.2 Å². The molecule has 1 heteroatoms. The minimum absolute atomic E-state index is 0.148. The van der Waals surface area contributed by atoms with E-state index in [1.54, 1.807) is 0 Å². The fourth-order valence-corrected chi connectivity index (χ4v) is 2.63. The van der Waals surface area contributed by atoms with Crippen molar-refractivity contribution < 1.29 is 5.11 Å². The van der Waals surface area contributed by atoms with E-state index in [1.807, 2.05) is 6.92 Å². The van der Waals surface area contributed by atoms with E-state index < -0.39 is 0 Å². The van der Waals surface area contributed by atoms with E-state index >= 15 is 0 Å². The van der Waals surface area contributed by atoms with Gasteiger partial charge in [-0.15, -0.1) is 0 Å². The van der Waals surface area contributed by atoms with Crippen molar-refractivity contribution in [3.8, 4) is 0 Å². The highest BCUT2D eigenvalue weighted by atomic mass is 16.3. The quantitative estimate of drug-likeness (QED) is 0.801. The molecule has 0 aromatic heterocycles. The van der Waals surface area contributed by atoms with Gasteiger partial charge in [-0.2, -0.15) is 0 Å². The summed E-state index contributed by atoms with van der Waals surface area (Å²) < 4.78 is 0. The second-order valence-corrected chi connectivity index (χ2v) is 5.19. The van der Waals surface area contributed by atoms with Crippen molar-refractivity contribution in [3.05, 3.63) is 35.9 Å². The van der Waals surface area contributed by atoms with Crippen molar-refractivity contribution in [3.63, 3.8) is 0 Å². The van der Waals surface area contributed by atoms with Crippen LogP contribution in [0.15, 0.2) is 30.3 Å². The van der Waals surface area contributed by atoms with Gasteiger partial charge in [0.15, 0.2) is 0 Å². The summed E-state index contributed by atoms with van der Waals surface area (Å²) in [5.74, 6) is 1.20. The number of rotatable bonds is 3. The third-order valence-corrected chi connectivity index (χ3v) is 4.23. The van der Waals surface area contributed by atoms with Crippen molar-refractivity contribution in [1.82, 2.24) is 0 Å². The van der Waals surface area contributed by atoms with E-state index in [1.165, 1.54) is 5.56 Å². The summed E-state index contributed by atoms with van der Waals surface area (Å²) in [6.07, 6.45) is 0.967. The Morgan fingerprint density at radius 3 is 2.33 bits per heavy atom. The lowest BCUT2D eigenvalue weighted by Gasteiger charge is -2.19. The van der Waals surface area contributed by atoms with Crippen molar-refractivity contribution in [1.29, 1.82) is 0 Å². The van der Waals surface area contributed by atoms with E-state index in [-0.39, 0.29) is 11.5 Å². The van der Waals surface area contributed by atoms with Crippen molar-refractivity contribution in [2.45, 2.75) is 39.2 Å². The van der Waals surface area contributed by atoms with E-state index in [4.69, 9.17) is 0 Å². The first kappa shape index (κ1) is 10.7. The minimum atomic E-state index is -0.186. The van der Waals surface area contributed by atoms with Crippen LogP contribution in [0.3, 0.4) is 0 Å². The summed E-state index contributed by atoms with van der Waals surface area (Å²) in [6, 6.07) is 10.6.